The van der Waals surface area contributed by atoms with Crippen molar-refractivity contribution in [2.75, 3.05) is 36.4 Å². The number of anilines is 2. The van der Waals surface area contributed by atoms with Crippen LogP contribution < -0.4 is 16.0 Å². The zero-order valence-electron chi connectivity index (χ0n) is 18.3. The molecule has 0 radical (unpaired) electrons. The molecule has 0 aliphatic carbocycles. The van der Waals surface area contributed by atoms with Crippen molar-refractivity contribution >= 4 is 29.1 Å². The van der Waals surface area contributed by atoms with Crippen LogP contribution in [0.2, 0.25) is 5.02 Å². The third kappa shape index (κ3) is 6.27. The van der Waals surface area contributed by atoms with Crippen molar-refractivity contribution in [2.45, 2.75) is 39.0 Å². The lowest BCUT2D eigenvalue weighted by Crippen LogP contribution is -2.48. The van der Waals surface area contributed by atoms with Crippen LogP contribution >= 0.6 is 11.6 Å². The van der Waals surface area contributed by atoms with Crippen molar-refractivity contribution in [3.05, 3.63) is 47.0 Å². The van der Waals surface area contributed by atoms with Gasteiger partial charge in [-0.05, 0) is 44.5 Å². The second-order valence-corrected chi connectivity index (χ2v) is 8.84. The number of nitrogens with two attached hydrogens (primary N) is 1. The number of aliphatic hydroxyl groups is 1. The molecule has 2 heterocycles. The fourth-order valence-corrected chi connectivity index (χ4v) is 3.97. The first-order valence-electron chi connectivity index (χ1n) is 10.7. The van der Waals surface area contributed by atoms with Gasteiger partial charge in [-0.3, -0.25) is 9.69 Å². The van der Waals surface area contributed by atoms with Gasteiger partial charge in [0.05, 0.1) is 12.6 Å². The maximum absolute atomic E-state index is 15.3. The van der Waals surface area contributed by atoms with Crippen molar-refractivity contribution in [3.8, 4) is 0 Å². The Kier molecular flexibility index (Phi) is 8.22. The summed E-state index contributed by atoms with van der Waals surface area (Å²) in [6, 6.07) is 7.42. The molecule has 1 fully saturated rings. The highest BCUT2D eigenvalue weighted by Crippen LogP contribution is 2.26. The Morgan fingerprint density at radius 2 is 2.09 bits per heavy atom. The van der Waals surface area contributed by atoms with Gasteiger partial charge in [0.1, 0.15) is 6.33 Å². The molecular weight excluding hydrogens is 435 g/mol. The van der Waals surface area contributed by atoms with Crippen LogP contribution in [0.3, 0.4) is 0 Å². The molecule has 2 atom stereocenters. The molecule has 0 saturated carbocycles. The molecule has 10 heteroatoms. The Hall–Kier alpha value is -2.49. The van der Waals surface area contributed by atoms with E-state index < -0.39 is 17.8 Å². The topological polar surface area (TPSA) is 108 Å². The largest absolute Gasteiger partial charge is 0.391 e. The van der Waals surface area contributed by atoms with Crippen LogP contribution in [0.15, 0.2) is 30.6 Å². The van der Waals surface area contributed by atoms with Crippen LogP contribution in [0.4, 0.5) is 16.0 Å². The highest BCUT2D eigenvalue weighted by atomic mass is 35.5. The number of piperidine rings is 1. The lowest BCUT2D eigenvalue weighted by Gasteiger charge is -2.35. The molecule has 3 rings (SSSR count). The zero-order valence-corrected chi connectivity index (χ0v) is 19.1. The Bertz CT molecular complexity index is 914. The maximum Gasteiger partial charge on any atom is 0.231 e. The summed E-state index contributed by atoms with van der Waals surface area (Å²) < 4.78 is 15.3. The van der Waals surface area contributed by atoms with E-state index in [1.165, 1.54) is 6.33 Å². The Morgan fingerprint density at radius 1 is 1.38 bits per heavy atom. The molecule has 1 aliphatic heterocycles. The number of carbonyl (C=O) groups excluding carboxylic acids is 1. The summed E-state index contributed by atoms with van der Waals surface area (Å²) in [5.74, 6) is -0.728. The third-order valence-electron chi connectivity index (χ3n) is 5.65. The van der Waals surface area contributed by atoms with Crippen LogP contribution in [0, 0.1) is 11.7 Å². The summed E-state index contributed by atoms with van der Waals surface area (Å²) in [4.78, 5) is 23.0. The molecule has 32 heavy (non-hydrogen) atoms. The van der Waals surface area contributed by atoms with E-state index in [-0.39, 0.29) is 30.1 Å². The average molecular weight is 465 g/mol. The molecule has 1 aromatic heterocycles. The van der Waals surface area contributed by atoms with Crippen LogP contribution in [-0.2, 0) is 11.3 Å². The molecule has 8 nitrogen and oxygen atoms in total. The minimum absolute atomic E-state index is 0.000617. The van der Waals surface area contributed by atoms with E-state index >= 15 is 4.39 Å². The lowest BCUT2D eigenvalue weighted by atomic mass is 9.93. The first-order chi connectivity index (χ1) is 15.2. The number of primary amides is 1. The number of hydrogen-bond acceptors (Lipinski definition) is 7. The van der Waals surface area contributed by atoms with Gasteiger partial charge in [0.25, 0.3) is 0 Å². The lowest BCUT2D eigenvalue weighted by molar-refractivity contribution is -0.120. The van der Waals surface area contributed by atoms with E-state index in [2.05, 4.69) is 15.3 Å². The van der Waals surface area contributed by atoms with Crippen LogP contribution in [-0.4, -0.2) is 64.2 Å². The SMILES string of the molecule is CC(C)N(Cc1ccc(Cl)cc1)c1ncnc(NCC2CCN(CC(N)=O)CC2O)c1F. The molecule has 174 valence electrons. The molecule has 4 N–H and O–H groups in total. The van der Waals surface area contributed by atoms with E-state index in [4.69, 9.17) is 17.3 Å². The van der Waals surface area contributed by atoms with Gasteiger partial charge in [-0.1, -0.05) is 23.7 Å². The minimum atomic E-state index is -0.642. The number of halogens is 2. The Labute approximate surface area is 192 Å². The monoisotopic (exact) mass is 464 g/mol. The molecule has 1 aliphatic rings. The van der Waals surface area contributed by atoms with E-state index in [1.807, 2.05) is 35.8 Å². The predicted molar refractivity (Wildman–Crippen MR) is 123 cm³/mol. The van der Waals surface area contributed by atoms with E-state index in [1.54, 1.807) is 12.1 Å². The molecular formula is C22H30ClFN6O2. The number of β-amino-alcohol motifs (C(OH)–C–C–N with tert-alkyl or cyclic N) is 1. The molecule has 2 aromatic rings. The number of nitrogens with zero attached hydrogens (tertiary/aromatic N) is 4. The van der Waals surface area contributed by atoms with Crippen LogP contribution in [0.25, 0.3) is 0 Å². The number of aliphatic hydroxyl groups excluding tert-OH is 1. The fourth-order valence-electron chi connectivity index (χ4n) is 3.85. The number of rotatable bonds is 9. The molecule has 2 unspecified atom stereocenters. The number of likely N-dealkylation sites (tertiary alicyclic amines) is 1. The van der Waals surface area contributed by atoms with E-state index in [9.17, 15) is 9.90 Å². The second-order valence-electron chi connectivity index (χ2n) is 8.41. The predicted octanol–water partition coefficient (Wildman–Crippen LogP) is 2.26. The summed E-state index contributed by atoms with van der Waals surface area (Å²) in [5, 5.41) is 14.1. The van der Waals surface area contributed by atoms with Gasteiger partial charge < -0.3 is 21.1 Å². The van der Waals surface area contributed by atoms with Crippen molar-refractivity contribution < 1.29 is 14.3 Å². The highest BCUT2D eigenvalue weighted by Gasteiger charge is 2.29. The number of carbonyl (C=O) groups is 1. The Balaban J connectivity index is 1.67. The van der Waals surface area contributed by atoms with E-state index in [0.29, 0.717) is 37.6 Å². The second kappa shape index (κ2) is 10.9. The van der Waals surface area contributed by atoms with Gasteiger partial charge in [-0.25, -0.2) is 9.97 Å². The number of amides is 1. The number of nitrogens with one attached hydrogen (secondary N) is 1. The highest BCUT2D eigenvalue weighted by molar-refractivity contribution is 6.30. The molecule has 1 amide bonds. The van der Waals surface area contributed by atoms with Crippen molar-refractivity contribution in [1.82, 2.24) is 14.9 Å². The summed E-state index contributed by atoms with van der Waals surface area (Å²) in [5.41, 5.74) is 6.22. The minimum Gasteiger partial charge on any atom is -0.391 e. The van der Waals surface area contributed by atoms with E-state index in [0.717, 1.165) is 5.56 Å². The number of benzene rings is 1. The van der Waals surface area contributed by atoms with Crippen molar-refractivity contribution in [2.24, 2.45) is 11.7 Å². The standard InChI is InChI=1S/C22H30ClFN6O2/c1-14(2)30(10-15-3-5-17(23)6-4-15)22-20(24)21(27-13-28-22)26-9-16-7-8-29(11-18(16)31)12-19(25)32/h3-6,13-14,16,18,31H,7-12H2,1-2H3,(H2,25,32)(H,26,27,28). The first-order valence-corrected chi connectivity index (χ1v) is 11.1. The number of aromatic nitrogens is 2. The summed E-state index contributed by atoms with van der Waals surface area (Å²) in [6.07, 6.45) is 1.36. The quantitative estimate of drug-likeness (QED) is 0.522. The van der Waals surface area contributed by atoms with Crippen molar-refractivity contribution in [1.29, 1.82) is 0 Å². The third-order valence-corrected chi connectivity index (χ3v) is 5.90. The average Bonchev–Trinajstić information content (AvgIpc) is 2.73. The van der Waals surface area contributed by atoms with Gasteiger partial charge in [0.15, 0.2) is 11.6 Å². The summed E-state index contributed by atoms with van der Waals surface area (Å²) >= 11 is 5.97. The van der Waals surface area contributed by atoms with Crippen molar-refractivity contribution in [3.63, 3.8) is 0 Å². The fraction of sp³-hybridized carbons (Fsp3) is 0.500. The summed E-state index contributed by atoms with van der Waals surface area (Å²) in [6.45, 7) is 5.90. The van der Waals surface area contributed by atoms with Crippen LogP contribution in [0.5, 0.6) is 0 Å². The number of hydrogen-bond donors (Lipinski definition) is 3. The van der Waals surface area contributed by atoms with Gasteiger partial charge in [0, 0.05) is 36.6 Å². The molecule has 0 spiro atoms. The Morgan fingerprint density at radius 3 is 2.72 bits per heavy atom. The zero-order chi connectivity index (χ0) is 23.3. The molecule has 0 bridgehead atoms. The maximum atomic E-state index is 15.3. The van der Waals surface area contributed by atoms with Gasteiger partial charge in [-0.15, -0.1) is 0 Å². The smallest absolute Gasteiger partial charge is 0.231 e. The normalized spacial score (nSPS) is 19.2. The first kappa shape index (κ1) is 24.2. The molecule has 1 saturated heterocycles. The van der Waals surface area contributed by atoms with Gasteiger partial charge in [0.2, 0.25) is 11.7 Å². The van der Waals surface area contributed by atoms with Gasteiger partial charge >= 0.3 is 0 Å². The molecule has 1 aromatic carbocycles. The van der Waals surface area contributed by atoms with Crippen LogP contribution in [0.1, 0.15) is 25.8 Å². The van der Waals surface area contributed by atoms with Gasteiger partial charge in [-0.2, -0.15) is 4.39 Å². The summed E-state index contributed by atoms with van der Waals surface area (Å²) in [7, 11) is 0.